The molecule has 3 amide bonds. The van der Waals surface area contributed by atoms with Gasteiger partial charge in [0.15, 0.2) is 0 Å². The van der Waals surface area contributed by atoms with Crippen LogP contribution in [0.15, 0.2) is 42.7 Å². The van der Waals surface area contributed by atoms with Crippen molar-refractivity contribution in [3.8, 4) is 0 Å². The number of nitrogens with one attached hydrogen (secondary N) is 1. The van der Waals surface area contributed by atoms with Crippen molar-refractivity contribution >= 4 is 17.7 Å². The molecule has 1 unspecified atom stereocenters. The molecule has 0 radical (unpaired) electrons. The van der Waals surface area contributed by atoms with Crippen LogP contribution >= 0.6 is 0 Å². The average molecular weight is 574 g/mol. The Balaban J connectivity index is 1.06. The Morgan fingerprint density at radius 1 is 1.07 bits per heavy atom. The molecule has 1 aromatic heterocycles. The van der Waals surface area contributed by atoms with Crippen LogP contribution in [0.3, 0.4) is 0 Å². The Bertz CT molecular complexity index is 1340. The van der Waals surface area contributed by atoms with Gasteiger partial charge >= 0.3 is 0 Å². The number of amides is 3. The number of nitrogens with zero attached hydrogens (tertiary/aromatic N) is 4. The molecule has 4 saturated heterocycles. The standard InChI is InChI=1S/C33H43N5O4/c1-32(2)27-26(42-18-23-11-7-4-8-12-23)14-34-29(39)25-17-36(19-33(25)20-37(21-33)31(41)28(27)32)30(40)24-13-35-38(16-24)15-22-9-5-3-6-10-22/h3,5-6,9-10,13,16,23,25-28H,4,7-8,11-12,14-15,17-21H2,1-2H3,(H,34,39)/t25-,26-,27?,28+/m0/s1. The summed E-state index contributed by atoms with van der Waals surface area (Å²) in [7, 11) is 0. The number of carbonyl (C=O) groups is 3. The Morgan fingerprint density at radius 2 is 1.83 bits per heavy atom. The molecule has 4 aliphatic heterocycles. The lowest BCUT2D eigenvalue weighted by atomic mass is 9.71. The molecule has 1 aromatic carbocycles. The summed E-state index contributed by atoms with van der Waals surface area (Å²) in [5.41, 5.74) is 1.07. The second-order valence-corrected chi connectivity index (χ2v) is 14.2. The van der Waals surface area contributed by atoms with E-state index in [2.05, 4.69) is 24.3 Å². The van der Waals surface area contributed by atoms with Gasteiger partial charge in [0, 0.05) is 62.8 Å². The van der Waals surface area contributed by atoms with Crippen molar-refractivity contribution < 1.29 is 19.1 Å². The SMILES string of the molecule is CC1(C)C2[C@@H](OCC3CCCCC3)CNC(=O)[C@@H]3CN(C(=O)c4cnn(Cc5ccccc5)c4)CC34CN(C4)C(=O)[C@@H]21. The van der Waals surface area contributed by atoms with E-state index >= 15 is 0 Å². The molecule has 9 nitrogen and oxygen atoms in total. The number of rotatable bonds is 6. The van der Waals surface area contributed by atoms with Gasteiger partial charge in [-0.3, -0.25) is 19.1 Å². The lowest BCUT2D eigenvalue weighted by Crippen LogP contribution is -2.64. The fourth-order valence-corrected chi connectivity index (χ4v) is 8.46. The van der Waals surface area contributed by atoms with Crippen LogP contribution < -0.4 is 5.32 Å². The van der Waals surface area contributed by atoms with Crippen molar-refractivity contribution in [3.05, 3.63) is 53.9 Å². The Morgan fingerprint density at radius 3 is 2.60 bits per heavy atom. The lowest BCUT2D eigenvalue weighted by molar-refractivity contribution is -0.151. The highest BCUT2D eigenvalue weighted by Crippen LogP contribution is 2.62. The molecule has 1 spiro atoms. The zero-order valence-corrected chi connectivity index (χ0v) is 24.8. The first-order chi connectivity index (χ1) is 20.2. The van der Waals surface area contributed by atoms with Crippen molar-refractivity contribution in [2.75, 3.05) is 39.3 Å². The summed E-state index contributed by atoms with van der Waals surface area (Å²) in [6.45, 7) is 7.89. The predicted octanol–water partition coefficient (Wildman–Crippen LogP) is 3.20. The summed E-state index contributed by atoms with van der Waals surface area (Å²) < 4.78 is 8.32. The number of carbonyl (C=O) groups excluding carboxylic acids is 3. The van der Waals surface area contributed by atoms with E-state index in [-0.39, 0.29) is 47.0 Å². The molecule has 1 N–H and O–H groups in total. The molecule has 2 saturated carbocycles. The van der Waals surface area contributed by atoms with Crippen LogP contribution in [0.1, 0.15) is 61.9 Å². The quantitative estimate of drug-likeness (QED) is 0.573. The Hall–Kier alpha value is -3.20. The van der Waals surface area contributed by atoms with Gasteiger partial charge in [-0.05, 0) is 29.7 Å². The van der Waals surface area contributed by atoms with Gasteiger partial charge in [-0.25, -0.2) is 0 Å². The molecule has 224 valence electrons. The average Bonchev–Trinajstić information content (AvgIpc) is 3.31. The minimum atomic E-state index is -0.410. The van der Waals surface area contributed by atoms with Crippen LogP contribution in [0.2, 0.25) is 0 Å². The minimum absolute atomic E-state index is 0.0275. The van der Waals surface area contributed by atoms with Crippen LogP contribution in [0.5, 0.6) is 0 Å². The number of ether oxygens (including phenoxy) is 1. The minimum Gasteiger partial charge on any atom is -0.376 e. The molecule has 6 aliphatic rings. The van der Waals surface area contributed by atoms with E-state index in [9.17, 15) is 14.4 Å². The molecule has 2 aromatic rings. The largest absolute Gasteiger partial charge is 0.376 e. The first-order valence-corrected chi connectivity index (χ1v) is 15.8. The van der Waals surface area contributed by atoms with Gasteiger partial charge in [0.2, 0.25) is 11.8 Å². The normalized spacial score (nSPS) is 30.0. The highest BCUT2D eigenvalue weighted by molar-refractivity contribution is 5.95. The smallest absolute Gasteiger partial charge is 0.257 e. The lowest BCUT2D eigenvalue weighted by Gasteiger charge is -2.50. The molecule has 8 rings (SSSR count). The zero-order chi connectivity index (χ0) is 29.1. The second kappa shape index (κ2) is 10.5. The van der Waals surface area contributed by atoms with E-state index in [1.54, 1.807) is 22.0 Å². The summed E-state index contributed by atoms with van der Waals surface area (Å²) >= 11 is 0. The third kappa shape index (κ3) is 4.83. The number of aromatic nitrogens is 2. The van der Waals surface area contributed by atoms with Crippen molar-refractivity contribution in [2.45, 2.75) is 58.6 Å². The monoisotopic (exact) mass is 573 g/mol. The van der Waals surface area contributed by atoms with E-state index < -0.39 is 5.41 Å². The number of likely N-dealkylation sites (tertiary alicyclic amines) is 1. The fourth-order valence-electron chi connectivity index (χ4n) is 8.46. The molecule has 2 bridgehead atoms. The number of fused-ring (bicyclic) bond motifs is 3. The van der Waals surface area contributed by atoms with Gasteiger partial charge in [-0.1, -0.05) is 63.4 Å². The van der Waals surface area contributed by atoms with Crippen LogP contribution in [0.4, 0.5) is 0 Å². The maximum Gasteiger partial charge on any atom is 0.257 e. The van der Waals surface area contributed by atoms with Gasteiger partial charge in [0.25, 0.3) is 5.91 Å². The van der Waals surface area contributed by atoms with Crippen molar-refractivity contribution in [3.63, 3.8) is 0 Å². The van der Waals surface area contributed by atoms with Gasteiger partial charge < -0.3 is 19.9 Å². The third-order valence-corrected chi connectivity index (χ3v) is 11.0. The highest BCUT2D eigenvalue weighted by atomic mass is 16.5. The Kier molecular flexibility index (Phi) is 6.91. The van der Waals surface area contributed by atoms with Crippen LogP contribution in [-0.4, -0.2) is 82.7 Å². The predicted molar refractivity (Wildman–Crippen MR) is 156 cm³/mol. The number of benzene rings is 1. The van der Waals surface area contributed by atoms with Crippen LogP contribution in [-0.2, 0) is 20.9 Å². The fraction of sp³-hybridized carbons (Fsp3) is 0.636. The van der Waals surface area contributed by atoms with E-state index in [1.165, 1.54) is 32.1 Å². The maximum atomic E-state index is 13.8. The maximum absolute atomic E-state index is 13.8. The van der Waals surface area contributed by atoms with Gasteiger partial charge in [0.1, 0.15) is 0 Å². The van der Waals surface area contributed by atoms with E-state index in [1.807, 2.05) is 35.2 Å². The summed E-state index contributed by atoms with van der Waals surface area (Å²) in [5, 5.41) is 7.65. The van der Waals surface area contributed by atoms with E-state index in [0.717, 1.165) is 5.56 Å². The molecule has 2 aliphatic carbocycles. The summed E-state index contributed by atoms with van der Waals surface area (Å²) in [6.07, 6.45) is 9.43. The van der Waals surface area contributed by atoms with Crippen molar-refractivity contribution in [1.29, 1.82) is 0 Å². The first-order valence-electron chi connectivity index (χ1n) is 15.8. The third-order valence-electron chi connectivity index (χ3n) is 11.0. The van der Waals surface area contributed by atoms with E-state index in [0.29, 0.717) is 57.4 Å². The number of hydrogen-bond acceptors (Lipinski definition) is 5. The van der Waals surface area contributed by atoms with Crippen LogP contribution in [0.25, 0.3) is 0 Å². The van der Waals surface area contributed by atoms with Crippen molar-refractivity contribution in [1.82, 2.24) is 24.9 Å². The zero-order valence-electron chi connectivity index (χ0n) is 24.8. The van der Waals surface area contributed by atoms with Gasteiger partial charge in [-0.2, -0.15) is 5.10 Å². The first kappa shape index (κ1) is 27.6. The molecule has 4 atom stereocenters. The van der Waals surface area contributed by atoms with Gasteiger partial charge in [-0.15, -0.1) is 0 Å². The summed E-state index contributed by atoms with van der Waals surface area (Å²) in [6, 6.07) is 10.0. The number of hydrogen-bond donors (Lipinski definition) is 1. The van der Waals surface area contributed by atoms with E-state index in [4.69, 9.17) is 4.74 Å². The molecular weight excluding hydrogens is 530 g/mol. The molecule has 42 heavy (non-hydrogen) atoms. The van der Waals surface area contributed by atoms with Crippen molar-refractivity contribution in [2.24, 2.45) is 34.5 Å². The second-order valence-electron chi connectivity index (χ2n) is 14.2. The molecule has 5 heterocycles. The Labute approximate surface area is 247 Å². The summed E-state index contributed by atoms with van der Waals surface area (Å²) in [5.74, 6) is 0.268. The molecule has 9 heteroatoms. The summed E-state index contributed by atoms with van der Waals surface area (Å²) in [4.78, 5) is 44.9. The van der Waals surface area contributed by atoms with Crippen LogP contribution in [0, 0.1) is 34.5 Å². The van der Waals surface area contributed by atoms with Gasteiger partial charge in [0.05, 0.1) is 30.3 Å². The molecule has 6 fully saturated rings. The highest BCUT2D eigenvalue weighted by Gasteiger charge is 2.69. The topological polar surface area (TPSA) is 96.8 Å². The molecular formula is C33H43N5O4.